The van der Waals surface area contributed by atoms with Crippen LogP contribution >= 0.6 is 22.9 Å². The maximum absolute atomic E-state index is 13.1. The molecule has 0 aliphatic carbocycles. The molecule has 0 saturated heterocycles. The molecule has 3 N–H and O–H groups in total. The third kappa shape index (κ3) is 9.22. The molecular weight excluding hydrogens is 626 g/mol. The smallest absolute Gasteiger partial charge is 0.234 e. The van der Waals surface area contributed by atoms with Crippen LogP contribution in [0.1, 0.15) is 73.4 Å². The molecule has 2 aromatic heterocycles. The van der Waals surface area contributed by atoms with Gasteiger partial charge in [-0.2, -0.15) is 0 Å². The fourth-order valence-corrected chi connectivity index (χ4v) is 6.16. The molecule has 1 aliphatic heterocycles. The van der Waals surface area contributed by atoms with E-state index in [0.717, 1.165) is 33.2 Å². The maximum Gasteiger partial charge on any atom is 0.234 e. The summed E-state index contributed by atoms with van der Waals surface area (Å²) in [7, 11) is 0. The number of ether oxygens (including phenoxy) is 2. The van der Waals surface area contributed by atoms with Gasteiger partial charge in [-0.1, -0.05) is 44.5 Å². The van der Waals surface area contributed by atoms with Crippen LogP contribution in [0.5, 0.6) is 0 Å². The second-order valence-electron chi connectivity index (χ2n) is 12.5. The van der Waals surface area contributed by atoms with Gasteiger partial charge < -0.3 is 25.4 Å². The van der Waals surface area contributed by atoms with Crippen molar-refractivity contribution in [1.29, 1.82) is 0 Å². The maximum atomic E-state index is 13.1. The molecule has 0 spiro atoms. The topological polar surface area (TPSA) is 132 Å². The molecule has 46 heavy (non-hydrogen) atoms. The van der Waals surface area contributed by atoms with Crippen molar-refractivity contribution < 1.29 is 19.1 Å². The number of halogens is 1. The van der Waals surface area contributed by atoms with E-state index >= 15 is 0 Å². The number of benzene rings is 1. The zero-order valence-corrected chi connectivity index (χ0v) is 29.4. The van der Waals surface area contributed by atoms with Crippen LogP contribution in [-0.4, -0.2) is 84.4 Å². The van der Waals surface area contributed by atoms with Gasteiger partial charge in [-0.25, -0.2) is 0 Å². The first-order valence-corrected chi connectivity index (χ1v) is 16.8. The van der Waals surface area contributed by atoms with E-state index in [9.17, 15) is 9.59 Å². The Morgan fingerprint density at radius 3 is 2.35 bits per heavy atom. The van der Waals surface area contributed by atoms with E-state index in [1.807, 2.05) is 42.7 Å². The van der Waals surface area contributed by atoms with Gasteiger partial charge in [-0.05, 0) is 50.8 Å². The van der Waals surface area contributed by atoms with E-state index < -0.39 is 6.04 Å². The number of hydrogen-bond donors (Lipinski definition) is 3. The first-order valence-electron chi connectivity index (χ1n) is 15.7. The standard InChI is InChI=1S/C33H46ClN7O4S/c1-20-21(2)46-32-29(20)30(24-8-10-25(34)11-9-24)38-26(31-40-39-23(4)41(31)32)18-27(42)36-13-15-45-17-16-44-14-12-35-19-28(43)37-22(3)33(5,6)7/h8-11,22,26,35H,12-19H2,1-7H3,(H,36,42)(H,37,43)/t22-,26?/m0/s1. The SMILES string of the molecule is Cc1sc2c(c1C)C(c1ccc(Cl)cc1)=NC(CC(=O)NCCOCCOCCNCC(=O)N[C@@H](C)C(C)(C)C)c1nnc(C)n1-2. The molecule has 2 amide bonds. The molecule has 0 bridgehead atoms. The summed E-state index contributed by atoms with van der Waals surface area (Å²) in [6.45, 7) is 17.2. The molecule has 3 aromatic rings. The Hall–Kier alpha value is -3.16. The van der Waals surface area contributed by atoms with Crippen LogP contribution in [0.2, 0.25) is 5.02 Å². The molecule has 0 fully saturated rings. The van der Waals surface area contributed by atoms with Gasteiger partial charge in [0.2, 0.25) is 11.8 Å². The van der Waals surface area contributed by atoms with Crippen molar-refractivity contribution in [3.8, 4) is 5.00 Å². The lowest BCUT2D eigenvalue weighted by atomic mass is 9.88. The number of aryl methyl sites for hydroxylation is 2. The molecule has 2 atom stereocenters. The number of rotatable bonds is 15. The minimum atomic E-state index is -0.526. The third-order valence-corrected chi connectivity index (χ3v) is 9.51. The normalized spacial score (nSPS) is 15.0. The van der Waals surface area contributed by atoms with E-state index in [1.54, 1.807) is 11.3 Å². The number of hydrogen-bond acceptors (Lipinski definition) is 9. The highest BCUT2D eigenvalue weighted by Gasteiger charge is 2.32. The fraction of sp³-hybridized carbons (Fsp3) is 0.545. The fourth-order valence-electron chi connectivity index (χ4n) is 4.82. The van der Waals surface area contributed by atoms with Gasteiger partial charge in [0.05, 0.1) is 45.1 Å². The molecule has 250 valence electrons. The number of carbonyl (C=O) groups is 2. The molecule has 13 heteroatoms. The quantitative estimate of drug-likeness (QED) is 0.203. The van der Waals surface area contributed by atoms with Crippen LogP contribution in [-0.2, 0) is 19.1 Å². The van der Waals surface area contributed by atoms with Gasteiger partial charge >= 0.3 is 0 Å². The van der Waals surface area contributed by atoms with Crippen LogP contribution in [0.15, 0.2) is 29.3 Å². The summed E-state index contributed by atoms with van der Waals surface area (Å²) in [4.78, 5) is 31.4. The zero-order chi connectivity index (χ0) is 33.4. The molecule has 1 aliphatic rings. The Balaban J connectivity index is 1.23. The number of carbonyl (C=O) groups excluding carboxylic acids is 2. The van der Waals surface area contributed by atoms with Crippen LogP contribution in [0.4, 0.5) is 0 Å². The van der Waals surface area contributed by atoms with E-state index in [1.165, 1.54) is 4.88 Å². The zero-order valence-electron chi connectivity index (χ0n) is 27.8. The number of amides is 2. The van der Waals surface area contributed by atoms with Crippen molar-refractivity contribution in [2.45, 2.75) is 67.0 Å². The lowest BCUT2D eigenvalue weighted by Gasteiger charge is -2.28. The summed E-state index contributed by atoms with van der Waals surface area (Å²) in [5, 5.41) is 19.5. The predicted octanol–water partition coefficient (Wildman–Crippen LogP) is 4.48. The van der Waals surface area contributed by atoms with Gasteiger partial charge in [-0.15, -0.1) is 21.5 Å². The largest absolute Gasteiger partial charge is 0.378 e. The van der Waals surface area contributed by atoms with Crippen LogP contribution in [0, 0.1) is 26.2 Å². The van der Waals surface area contributed by atoms with Crippen molar-refractivity contribution in [1.82, 2.24) is 30.7 Å². The number of nitrogens with one attached hydrogen (secondary N) is 3. The first kappa shape index (κ1) is 35.7. The van der Waals surface area contributed by atoms with E-state index in [4.69, 9.17) is 26.1 Å². The first-order chi connectivity index (χ1) is 21.9. The van der Waals surface area contributed by atoms with Gasteiger partial charge in [-0.3, -0.25) is 19.1 Å². The highest BCUT2D eigenvalue weighted by atomic mass is 35.5. The molecule has 1 aromatic carbocycles. The van der Waals surface area contributed by atoms with Crippen molar-refractivity contribution in [2.75, 3.05) is 46.1 Å². The highest BCUT2D eigenvalue weighted by Crippen LogP contribution is 2.39. The Bertz CT molecular complexity index is 1530. The summed E-state index contributed by atoms with van der Waals surface area (Å²) in [5.74, 6) is 1.21. The average molecular weight is 672 g/mol. The van der Waals surface area contributed by atoms with Crippen molar-refractivity contribution in [3.63, 3.8) is 0 Å². The summed E-state index contributed by atoms with van der Waals surface area (Å²) in [5.41, 5.74) is 3.93. The van der Waals surface area contributed by atoms with E-state index in [-0.39, 0.29) is 36.2 Å². The Kier molecular flexibility index (Phi) is 12.5. The predicted molar refractivity (Wildman–Crippen MR) is 182 cm³/mol. The molecule has 0 radical (unpaired) electrons. The monoisotopic (exact) mass is 671 g/mol. The number of thiophene rings is 1. The van der Waals surface area contributed by atoms with Gasteiger partial charge in [0.1, 0.15) is 16.9 Å². The van der Waals surface area contributed by atoms with Crippen LogP contribution in [0.3, 0.4) is 0 Å². The van der Waals surface area contributed by atoms with Crippen molar-refractivity contribution >= 4 is 40.5 Å². The Morgan fingerprint density at radius 1 is 1.00 bits per heavy atom. The molecule has 0 saturated carbocycles. The Morgan fingerprint density at radius 2 is 1.67 bits per heavy atom. The summed E-state index contributed by atoms with van der Waals surface area (Å²) in [6, 6.07) is 7.18. The average Bonchev–Trinajstić information content (AvgIpc) is 3.47. The van der Waals surface area contributed by atoms with Gasteiger partial charge in [0.25, 0.3) is 0 Å². The van der Waals surface area contributed by atoms with Gasteiger partial charge in [0, 0.05) is 40.2 Å². The summed E-state index contributed by atoms with van der Waals surface area (Å²) < 4.78 is 13.2. The number of aliphatic imine (C=N–C) groups is 1. The summed E-state index contributed by atoms with van der Waals surface area (Å²) >= 11 is 7.87. The summed E-state index contributed by atoms with van der Waals surface area (Å²) in [6.07, 6.45) is 0.117. The number of fused-ring (bicyclic) bond motifs is 3. The van der Waals surface area contributed by atoms with Crippen molar-refractivity contribution in [2.24, 2.45) is 10.4 Å². The van der Waals surface area contributed by atoms with E-state index in [2.05, 4.69) is 60.8 Å². The second-order valence-corrected chi connectivity index (χ2v) is 14.2. The van der Waals surface area contributed by atoms with Crippen molar-refractivity contribution in [3.05, 3.63) is 62.5 Å². The number of aromatic nitrogens is 3. The molecule has 11 nitrogen and oxygen atoms in total. The van der Waals surface area contributed by atoms with Crippen LogP contribution < -0.4 is 16.0 Å². The second kappa shape index (κ2) is 16.1. The van der Waals surface area contributed by atoms with E-state index in [0.29, 0.717) is 50.4 Å². The molecule has 4 rings (SSSR count). The molecule has 1 unspecified atom stereocenters. The molecular formula is C33H46ClN7O4S. The van der Waals surface area contributed by atoms with Crippen LogP contribution in [0.25, 0.3) is 5.00 Å². The minimum Gasteiger partial charge on any atom is -0.378 e. The van der Waals surface area contributed by atoms with Gasteiger partial charge in [0.15, 0.2) is 5.82 Å². The highest BCUT2D eigenvalue weighted by molar-refractivity contribution is 7.15. The third-order valence-electron chi connectivity index (χ3n) is 8.06. The lowest BCUT2D eigenvalue weighted by molar-refractivity contribution is -0.122. The number of nitrogens with zero attached hydrogens (tertiary/aromatic N) is 4. The lowest BCUT2D eigenvalue weighted by Crippen LogP contribution is -2.45. The minimum absolute atomic E-state index is 0.0163. The molecule has 3 heterocycles. The Labute approximate surface area is 280 Å².